The van der Waals surface area contributed by atoms with Crippen LogP contribution in [0.2, 0.25) is 0 Å². The van der Waals surface area contributed by atoms with E-state index in [1.165, 1.54) is 6.07 Å². The predicted octanol–water partition coefficient (Wildman–Crippen LogP) is -0.363. The lowest BCUT2D eigenvalue weighted by molar-refractivity contribution is -0.290. The van der Waals surface area contributed by atoms with Gasteiger partial charge in [-0.05, 0) is 18.2 Å². The summed E-state index contributed by atoms with van der Waals surface area (Å²) in [5.41, 5.74) is -1.44. The van der Waals surface area contributed by atoms with Crippen LogP contribution in [0.3, 0.4) is 0 Å². The van der Waals surface area contributed by atoms with Gasteiger partial charge >= 0.3 is 17.9 Å². The summed E-state index contributed by atoms with van der Waals surface area (Å²) in [6.07, 6.45) is -14.8. The zero-order valence-corrected chi connectivity index (χ0v) is 27.0. The molecular weight excluding hydrogens is 688 g/mol. The maximum atomic E-state index is 13.7. The summed E-state index contributed by atoms with van der Waals surface area (Å²) in [6.45, 7) is 2.16. The highest BCUT2D eigenvalue weighted by Crippen LogP contribution is 2.39. The second-order valence-corrected chi connectivity index (χ2v) is 11.6. The number of hydrogen-bond donors (Lipinski definition) is 7. The number of phenols is 4. The molecule has 2 fully saturated rings. The molecular formula is C32H34O19. The number of aliphatic hydroxyl groups is 3. The Kier molecular flexibility index (Phi) is 10.9. The molecule has 276 valence electrons. The Morgan fingerprint density at radius 1 is 0.725 bits per heavy atom. The van der Waals surface area contributed by atoms with Gasteiger partial charge in [-0.25, -0.2) is 0 Å². The first-order chi connectivity index (χ1) is 24.0. The van der Waals surface area contributed by atoms with Crippen molar-refractivity contribution in [2.24, 2.45) is 0 Å². The molecule has 0 bridgehead atoms. The molecule has 5 rings (SSSR count). The lowest BCUT2D eigenvalue weighted by atomic mass is 9.99. The third-order valence-electron chi connectivity index (χ3n) is 7.80. The minimum absolute atomic E-state index is 0.0616. The average molecular weight is 723 g/mol. The van der Waals surface area contributed by atoms with Crippen molar-refractivity contribution in [1.29, 1.82) is 0 Å². The highest BCUT2D eigenvalue weighted by atomic mass is 16.8. The molecule has 0 radical (unpaired) electrons. The van der Waals surface area contributed by atoms with Crippen LogP contribution >= 0.6 is 0 Å². The molecule has 2 saturated heterocycles. The van der Waals surface area contributed by atoms with Gasteiger partial charge in [0.05, 0.1) is 6.61 Å². The van der Waals surface area contributed by atoms with Gasteiger partial charge in [-0.15, -0.1) is 0 Å². The number of aromatic hydroxyl groups is 4. The van der Waals surface area contributed by atoms with E-state index >= 15 is 0 Å². The van der Waals surface area contributed by atoms with E-state index in [0.29, 0.717) is 0 Å². The van der Waals surface area contributed by atoms with Crippen molar-refractivity contribution in [2.75, 3.05) is 13.2 Å². The number of rotatable bonds is 10. The topological polar surface area (TPSA) is 288 Å². The minimum atomic E-state index is -2.03. The molecule has 0 amide bonds. The van der Waals surface area contributed by atoms with Crippen LogP contribution in [0.25, 0.3) is 22.3 Å². The number of ether oxygens (including phenoxy) is 7. The number of esters is 3. The van der Waals surface area contributed by atoms with Gasteiger partial charge in [0, 0.05) is 38.5 Å². The van der Waals surface area contributed by atoms with E-state index in [4.69, 9.17) is 37.6 Å². The zero-order chi connectivity index (χ0) is 37.3. The van der Waals surface area contributed by atoms with Gasteiger partial charge in [-0.3, -0.25) is 19.2 Å². The molecule has 0 spiro atoms. The quantitative estimate of drug-likeness (QED) is 0.0798. The number of phenolic OH excluding ortho intramolecular Hbond substituents is 4. The Morgan fingerprint density at radius 2 is 1.39 bits per heavy atom. The minimum Gasteiger partial charge on any atom is -0.508 e. The summed E-state index contributed by atoms with van der Waals surface area (Å²) in [7, 11) is 0. The molecule has 2 aliphatic rings. The zero-order valence-electron chi connectivity index (χ0n) is 27.0. The van der Waals surface area contributed by atoms with Crippen molar-refractivity contribution in [3.8, 4) is 40.1 Å². The fraction of sp³-hybridized carbons (Fsp3) is 0.438. The molecule has 3 heterocycles. The SMILES string of the molecule is CC(=O)OC[C@@H]1O[C@@H](OCC2O[C@@H](Oc3c(-c4ccc(O)c(O)c4)oc4cc(O)cc(O)c4c3=O)C(O)C(O)[C@@H]2O)C(OC(C)=O)[C@@H]1OC(C)=O. The number of hydrogen-bond acceptors (Lipinski definition) is 19. The number of carbonyl (C=O) groups excluding carboxylic acids is 3. The third-order valence-corrected chi connectivity index (χ3v) is 7.80. The van der Waals surface area contributed by atoms with Crippen LogP contribution in [0.4, 0.5) is 0 Å². The molecule has 1 aromatic heterocycles. The van der Waals surface area contributed by atoms with E-state index in [1.807, 2.05) is 0 Å². The van der Waals surface area contributed by atoms with Gasteiger partial charge in [0.1, 0.15) is 59.6 Å². The smallest absolute Gasteiger partial charge is 0.303 e. The van der Waals surface area contributed by atoms with Crippen molar-refractivity contribution in [3.05, 3.63) is 40.6 Å². The maximum absolute atomic E-state index is 13.7. The lowest BCUT2D eigenvalue weighted by Gasteiger charge is -2.40. The van der Waals surface area contributed by atoms with Crippen LogP contribution < -0.4 is 10.2 Å². The summed E-state index contributed by atoms with van der Waals surface area (Å²) in [4.78, 5) is 48.9. The highest BCUT2D eigenvalue weighted by molar-refractivity contribution is 5.88. The van der Waals surface area contributed by atoms with Gasteiger partial charge < -0.3 is 73.3 Å². The molecule has 19 heteroatoms. The van der Waals surface area contributed by atoms with Crippen LogP contribution in [0.5, 0.6) is 28.7 Å². The van der Waals surface area contributed by atoms with Crippen LogP contribution in [0.15, 0.2) is 39.5 Å². The van der Waals surface area contributed by atoms with Crippen LogP contribution in [0, 0.1) is 0 Å². The molecule has 4 unspecified atom stereocenters. The molecule has 3 aromatic rings. The number of benzene rings is 2. The molecule has 7 N–H and O–H groups in total. The maximum Gasteiger partial charge on any atom is 0.303 e. The summed E-state index contributed by atoms with van der Waals surface area (Å²) >= 11 is 0. The summed E-state index contributed by atoms with van der Waals surface area (Å²) < 4.78 is 44.2. The predicted molar refractivity (Wildman–Crippen MR) is 164 cm³/mol. The number of fused-ring (bicyclic) bond motifs is 1. The Morgan fingerprint density at radius 3 is 2.04 bits per heavy atom. The van der Waals surface area contributed by atoms with Crippen molar-refractivity contribution in [1.82, 2.24) is 0 Å². The molecule has 0 aliphatic carbocycles. The Labute approximate surface area is 286 Å². The molecule has 2 aromatic carbocycles. The van der Waals surface area contributed by atoms with Crippen molar-refractivity contribution >= 4 is 28.9 Å². The first kappa shape index (κ1) is 37.1. The normalized spacial score (nSPS) is 27.5. The fourth-order valence-corrected chi connectivity index (χ4v) is 5.50. The van der Waals surface area contributed by atoms with Gasteiger partial charge in [-0.1, -0.05) is 0 Å². The molecule has 2 aliphatic heterocycles. The van der Waals surface area contributed by atoms with Gasteiger partial charge in [0.25, 0.3) is 0 Å². The van der Waals surface area contributed by atoms with E-state index in [0.717, 1.165) is 45.0 Å². The van der Waals surface area contributed by atoms with Gasteiger partial charge in [0.2, 0.25) is 17.5 Å². The standard InChI is InChI=1S/C32H34O19/c1-11(33)44-10-21-28(46-12(2)34)30(47-13(3)35)32(50-21)45-9-20-23(40)25(42)26(43)31(49-20)51-29-24(41)22-18(39)7-15(36)8-19(22)48-27(29)14-4-5-16(37)17(38)6-14/h4-8,20-21,23,25-26,28,30-32,36-40,42-43H,9-10H2,1-3H3/t20?,21-,23+,25?,26?,28+,30?,31-,32+/m0/s1. The second kappa shape index (κ2) is 15.0. The van der Waals surface area contributed by atoms with Crippen LogP contribution in [0.1, 0.15) is 20.8 Å². The van der Waals surface area contributed by atoms with E-state index in [2.05, 4.69) is 0 Å². The van der Waals surface area contributed by atoms with Crippen molar-refractivity contribution in [3.63, 3.8) is 0 Å². The van der Waals surface area contributed by atoms with Crippen LogP contribution in [-0.2, 0) is 42.8 Å². The number of carbonyl (C=O) groups is 3. The highest BCUT2D eigenvalue weighted by Gasteiger charge is 2.52. The third kappa shape index (κ3) is 7.93. The summed E-state index contributed by atoms with van der Waals surface area (Å²) in [6, 6.07) is 5.16. The Hall–Kier alpha value is -5.18. The number of aliphatic hydroxyl groups excluding tert-OH is 3. The largest absolute Gasteiger partial charge is 0.508 e. The van der Waals surface area contributed by atoms with E-state index in [1.54, 1.807) is 0 Å². The second-order valence-electron chi connectivity index (χ2n) is 11.6. The van der Waals surface area contributed by atoms with Crippen LogP contribution in [-0.4, -0.2) is 122 Å². The van der Waals surface area contributed by atoms with E-state index in [9.17, 15) is 54.9 Å². The van der Waals surface area contributed by atoms with Crippen molar-refractivity contribution < 1.29 is 87.7 Å². The molecule has 19 nitrogen and oxygen atoms in total. The summed E-state index contributed by atoms with van der Waals surface area (Å²) in [5, 5.41) is 72.3. The Bertz CT molecular complexity index is 1850. The Balaban J connectivity index is 1.44. The average Bonchev–Trinajstić information content (AvgIpc) is 3.35. The fourth-order valence-electron chi connectivity index (χ4n) is 5.50. The lowest BCUT2D eigenvalue weighted by Crippen LogP contribution is -2.60. The van der Waals surface area contributed by atoms with Gasteiger partial charge in [-0.2, -0.15) is 0 Å². The monoisotopic (exact) mass is 722 g/mol. The van der Waals surface area contributed by atoms with Crippen molar-refractivity contribution in [2.45, 2.75) is 76.1 Å². The first-order valence-electron chi connectivity index (χ1n) is 15.2. The van der Waals surface area contributed by atoms with Gasteiger partial charge in [0.15, 0.2) is 35.8 Å². The first-order valence-corrected chi connectivity index (χ1v) is 15.2. The summed E-state index contributed by atoms with van der Waals surface area (Å²) in [5.74, 6) is -5.80. The van der Waals surface area contributed by atoms with E-state index in [-0.39, 0.29) is 11.1 Å². The molecule has 0 saturated carbocycles. The van der Waals surface area contributed by atoms with E-state index < -0.39 is 132 Å². The molecule has 51 heavy (non-hydrogen) atoms. The molecule has 9 atom stereocenters.